The van der Waals surface area contributed by atoms with Crippen LogP contribution in [0.2, 0.25) is 0 Å². The summed E-state index contributed by atoms with van der Waals surface area (Å²) < 4.78 is 1.80. The highest BCUT2D eigenvalue weighted by Gasteiger charge is 2.28. The molecule has 1 fully saturated rings. The number of nitrogens with zero attached hydrogens (tertiary/aromatic N) is 4. The zero-order chi connectivity index (χ0) is 18.8. The molecule has 0 saturated heterocycles. The van der Waals surface area contributed by atoms with Crippen molar-refractivity contribution in [2.45, 2.75) is 38.3 Å². The van der Waals surface area contributed by atoms with Gasteiger partial charge >= 0.3 is 0 Å². The van der Waals surface area contributed by atoms with E-state index in [1.54, 1.807) is 28.9 Å². The molecule has 1 aliphatic carbocycles. The Labute approximate surface area is 157 Å². The van der Waals surface area contributed by atoms with Gasteiger partial charge in [-0.15, -0.1) is 0 Å². The summed E-state index contributed by atoms with van der Waals surface area (Å²) in [6.07, 6.45) is 6.25. The van der Waals surface area contributed by atoms with Gasteiger partial charge in [0.15, 0.2) is 0 Å². The summed E-state index contributed by atoms with van der Waals surface area (Å²) in [5, 5.41) is 0.647. The Morgan fingerprint density at radius 2 is 1.93 bits per heavy atom. The number of carbonyl (C=O) groups excluding carboxylic acids is 1. The van der Waals surface area contributed by atoms with Crippen LogP contribution in [-0.4, -0.2) is 32.4 Å². The largest absolute Gasteiger partial charge is 0.341 e. The number of hydrogen-bond acceptors (Lipinski definition) is 4. The Morgan fingerprint density at radius 3 is 2.67 bits per heavy atom. The SMILES string of the molecule is CN(Cc1ccncc1)C(=O)CCc1nc2ccccc2c(=O)n1C1CC1. The highest BCUT2D eigenvalue weighted by atomic mass is 16.2. The third-order valence-corrected chi connectivity index (χ3v) is 4.95. The summed E-state index contributed by atoms with van der Waals surface area (Å²) in [5.41, 5.74) is 1.75. The smallest absolute Gasteiger partial charge is 0.261 e. The van der Waals surface area contributed by atoms with Crippen LogP contribution in [0.3, 0.4) is 0 Å². The first-order chi connectivity index (χ1) is 13.1. The lowest BCUT2D eigenvalue weighted by molar-refractivity contribution is -0.130. The molecule has 3 aromatic rings. The molecule has 27 heavy (non-hydrogen) atoms. The molecular weight excluding hydrogens is 340 g/mol. The van der Waals surface area contributed by atoms with Crippen LogP contribution in [0.4, 0.5) is 0 Å². The van der Waals surface area contributed by atoms with E-state index in [0.29, 0.717) is 36.1 Å². The first-order valence-corrected chi connectivity index (χ1v) is 9.26. The van der Waals surface area contributed by atoms with Crippen molar-refractivity contribution < 1.29 is 4.79 Å². The van der Waals surface area contributed by atoms with Crippen LogP contribution in [-0.2, 0) is 17.8 Å². The number of aryl methyl sites for hydroxylation is 1. The highest BCUT2D eigenvalue weighted by molar-refractivity contribution is 5.78. The Balaban J connectivity index is 1.52. The summed E-state index contributed by atoms with van der Waals surface area (Å²) in [6, 6.07) is 11.5. The van der Waals surface area contributed by atoms with Crippen molar-refractivity contribution in [3.63, 3.8) is 0 Å². The summed E-state index contributed by atoms with van der Waals surface area (Å²) in [4.78, 5) is 35.8. The van der Waals surface area contributed by atoms with E-state index in [2.05, 4.69) is 4.98 Å². The molecule has 138 valence electrons. The minimum absolute atomic E-state index is 0.00990. The lowest BCUT2D eigenvalue weighted by atomic mass is 10.2. The molecule has 0 unspecified atom stereocenters. The van der Waals surface area contributed by atoms with E-state index < -0.39 is 0 Å². The first kappa shape index (κ1) is 17.4. The number of benzene rings is 1. The van der Waals surface area contributed by atoms with Crippen molar-refractivity contribution >= 4 is 16.8 Å². The molecule has 2 heterocycles. The first-order valence-electron chi connectivity index (χ1n) is 9.26. The van der Waals surface area contributed by atoms with Crippen molar-refractivity contribution in [2.24, 2.45) is 0 Å². The molecule has 4 rings (SSSR count). The van der Waals surface area contributed by atoms with Gasteiger partial charge in [-0.3, -0.25) is 19.1 Å². The fourth-order valence-electron chi connectivity index (χ4n) is 3.34. The number of pyridine rings is 1. The molecule has 0 spiro atoms. The number of carbonyl (C=O) groups is 1. The summed E-state index contributed by atoms with van der Waals surface area (Å²) in [6.45, 7) is 0.544. The number of amides is 1. The number of para-hydroxylation sites is 1. The van der Waals surface area contributed by atoms with Gasteiger partial charge < -0.3 is 4.90 Å². The third-order valence-electron chi connectivity index (χ3n) is 4.95. The van der Waals surface area contributed by atoms with Crippen LogP contribution in [0.15, 0.2) is 53.6 Å². The molecule has 0 bridgehead atoms. The van der Waals surface area contributed by atoms with Crippen molar-refractivity contribution in [2.75, 3.05) is 7.05 Å². The maximum absolute atomic E-state index is 12.9. The van der Waals surface area contributed by atoms with Gasteiger partial charge in [0, 0.05) is 44.9 Å². The van der Waals surface area contributed by atoms with E-state index in [4.69, 9.17) is 4.98 Å². The van der Waals surface area contributed by atoms with E-state index in [1.807, 2.05) is 36.4 Å². The van der Waals surface area contributed by atoms with Crippen LogP contribution >= 0.6 is 0 Å². The summed E-state index contributed by atoms with van der Waals surface area (Å²) >= 11 is 0. The standard InChI is InChI=1S/C21H22N4O2/c1-24(14-15-10-12-22-13-11-15)20(26)9-8-19-23-18-5-3-2-4-17(18)21(27)25(19)16-6-7-16/h2-5,10-13,16H,6-9,14H2,1H3. The maximum Gasteiger partial charge on any atom is 0.261 e. The zero-order valence-corrected chi connectivity index (χ0v) is 15.3. The Hall–Kier alpha value is -3.02. The predicted molar refractivity (Wildman–Crippen MR) is 103 cm³/mol. The van der Waals surface area contributed by atoms with E-state index in [9.17, 15) is 9.59 Å². The van der Waals surface area contributed by atoms with Crippen LogP contribution in [0.25, 0.3) is 10.9 Å². The summed E-state index contributed by atoms with van der Waals surface area (Å²) in [5.74, 6) is 0.753. The predicted octanol–water partition coefficient (Wildman–Crippen LogP) is 2.72. The van der Waals surface area contributed by atoms with Crippen LogP contribution in [0.5, 0.6) is 0 Å². The molecule has 1 aromatic carbocycles. The second kappa shape index (κ2) is 7.31. The zero-order valence-electron chi connectivity index (χ0n) is 15.3. The quantitative estimate of drug-likeness (QED) is 0.676. The Morgan fingerprint density at radius 1 is 1.19 bits per heavy atom. The molecule has 0 N–H and O–H groups in total. The third kappa shape index (κ3) is 3.74. The minimum Gasteiger partial charge on any atom is -0.341 e. The number of rotatable bonds is 6. The molecule has 6 heteroatoms. The second-order valence-electron chi connectivity index (χ2n) is 7.06. The lowest BCUT2D eigenvalue weighted by Gasteiger charge is -2.18. The van der Waals surface area contributed by atoms with Gasteiger partial charge in [-0.1, -0.05) is 12.1 Å². The second-order valence-corrected chi connectivity index (χ2v) is 7.06. The van der Waals surface area contributed by atoms with Gasteiger partial charge in [0.25, 0.3) is 5.56 Å². The molecule has 1 saturated carbocycles. The average molecular weight is 362 g/mol. The van der Waals surface area contributed by atoms with Gasteiger partial charge in [0.2, 0.25) is 5.91 Å². The van der Waals surface area contributed by atoms with Gasteiger partial charge in [0.05, 0.1) is 10.9 Å². The van der Waals surface area contributed by atoms with Gasteiger partial charge in [0.1, 0.15) is 5.82 Å². The molecule has 6 nitrogen and oxygen atoms in total. The molecule has 1 amide bonds. The monoisotopic (exact) mass is 362 g/mol. The van der Waals surface area contributed by atoms with Crippen molar-refractivity contribution in [1.82, 2.24) is 19.4 Å². The van der Waals surface area contributed by atoms with E-state index in [-0.39, 0.29) is 17.5 Å². The molecular formula is C21H22N4O2. The van der Waals surface area contributed by atoms with E-state index >= 15 is 0 Å². The highest BCUT2D eigenvalue weighted by Crippen LogP contribution is 2.34. The van der Waals surface area contributed by atoms with Gasteiger partial charge in [-0.2, -0.15) is 0 Å². The van der Waals surface area contributed by atoms with Crippen molar-refractivity contribution in [3.05, 3.63) is 70.5 Å². The fraction of sp³-hybridized carbons (Fsp3) is 0.333. The van der Waals surface area contributed by atoms with E-state index in [1.165, 1.54) is 0 Å². The van der Waals surface area contributed by atoms with Gasteiger partial charge in [-0.25, -0.2) is 4.98 Å². The topological polar surface area (TPSA) is 68.1 Å². The van der Waals surface area contributed by atoms with Crippen LogP contribution in [0.1, 0.15) is 36.7 Å². The Bertz CT molecular complexity index is 1030. The molecule has 2 aromatic heterocycles. The minimum atomic E-state index is 0.00990. The van der Waals surface area contributed by atoms with E-state index in [0.717, 1.165) is 18.4 Å². The molecule has 0 radical (unpaired) electrons. The Kier molecular flexibility index (Phi) is 4.71. The van der Waals surface area contributed by atoms with Gasteiger partial charge in [-0.05, 0) is 42.7 Å². The average Bonchev–Trinajstić information content (AvgIpc) is 3.52. The van der Waals surface area contributed by atoms with Crippen molar-refractivity contribution in [1.29, 1.82) is 0 Å². The fourth-order valence-corrected chi connectivity index (χ4v) is 3.34. The number of fused-ring (bicyclic) bond motifs is 1. The lowest BCUT2D eigenvalue weighted by Crippen LogP contribution is -2.29. The number of hydrogen-bond donors (Lipinski definition) is 0. The molecule has 0 aliphatic heterocycles. The molecule has 0 atom stereocenters. The van der Waals surface area contributed by atoms with Crippen molar-refractivity contribution in [3.8, 4) is 0 Å². The maximum atomic E-state index is 12.9. The molecule has 1 aliphatic rings. The number of aromatic nitrogens is 3. The van der Waals surface area contributed by atoms with Crippen LogP contribution < -0.4 is 5.56 Å². The normalized spacial score (nSPS) is 13.7. The van der Waals surface area contributed by atoms with Crippen LogP contribution in [0, 0.1) is 0 Å². The summed E-state index contributed by atoms with van der Waals surface area (Å²) in [7, 11) is 1.80.